The zero-order chi connectivity index (χ0) is 18.8. The van der Waals surface area contributed by atoms with Crippen molar-refractivity contribution >= 4 is 16.8 Å². The zero-order valence-corrected chi connectivity index (χ0v) is 14.1. The number of methoxy groups -OCH3 is 1. The van der Waals surface area contributed by atoms with Gasteiger partial charge < -0.3 is 10.1 Å². The summed E-state index contributed by atoms with van der Waals surface area (Å²) in [4.78, 5) is 16.6. The molecular weight excluding hydrogens is 345 g/mol. The fourth-order valence-corrected chi connectivity index (χ4v) is 2.74. The molecule has 7 heteroatoms. The highest BCUT2D eigenvalue weighted by Gasteiger charge is 2.22. The second-order valence-corrected chi connectivity index (χ2v) is 5.69. The molecular formula is C19H15F3N2O2. The lowest BCUT2D eigenvalue weighted by atomic mass is 10.0. The van der Waals surface area contributed by atoms with Gasteiger partial charge in [-0.05, 0) is 42.3 Å². The van der Waals surface area contributed by atoms with Gasteiger partial charge in [0.15, 0.2) is 11.6 Å². The van der Waals surface area contributed by atoms with Gasteiger partial charge in [-0.15, -0.1) is 0 Å². The molecule has 26 heavy (non-hydrogen) atoms. The lowest BCUT2D eigenvalue weighted by Gasteiger charge is -2.14. The first-order valence-electron chi connectivity index (χ1n) is 7.77. The summed E-state index contributed by atoms with van der Waals surface area (Å²) >= 11 is 0. The predicted octanol–water partition coefficient (Wildman–Crippen LogP) is 3.90. The van der Waals surface area contributed by atoms with Crippen LogP contribution in [-0.4, -0.2) is 18.0 Å². The first-order chi connectivity index (χ1) is 12.4. The number of rotatable bonds is 4. The van der Waals surface area contributed by atoms with Gasteiger partial charge in [0.1, 0.15) is 16.9 Å². The molecule has 0 aliphatic carbocycles. The van der Waals surface area contributed by atoms with Crippen LogP contribution in [0.1, 0.15) is 21.5 Å². The third-order valence-corrected chi connectivity index (χ3v) is 4.04. The number of nitrogens with zero attached hydrogens (tertiary/aromatic N) is 1. The van der Waals surface area contributed by atoms with E-state index in [1.54, 1.807) is 13.0 Å². The van der Waals surface area contributed by atoms with Crippen LogP contribution in [0.15, 0.2) is 36.4 Å². The maximum absolute atomic E-state index is 14.0. The van der Waals surface area contributed by atoms with Gasteiger partial charge in [-0.3, -0.25) is 4.79 Å². The van der Waals surface area contributed by atoms with Crippen molar-refractivity contribution in [3.63, 3.8) is 0 Å². The summed E-state index contributed by atoms with van der Waals surface area (Å²) in [7, 11) is 1.29. The summed E-state index contributed by atoms with van der Waals surface area (Å²) in [5.74, 6) is -3.17. The summed E-state index contributed by atoms with van der Waals surface area (Å²) < 4.78 is 45.8. The number of hydrogen-bond donors (Lipinski definition) is 1. The number of aromatic nitrogens is 1. The van der Waals surface area contributed by atoms with Gasteiger partial charge in [-0.2, -0.15) is 0 Å². The van der Waals surface area contributed by atoms with Gasteiger partial charge in [0.25, 0.3) is 5.91 Å². The number of halogens is 3. The van der Waals surface area contributed by atoms with Gasteiger partial charge in [-0.1, -0.05) is 12.1 Å². The largest absolute Gasteiger partial charge is 0.480 e. The SMILES string of the molecule is COc1nc2c(F)c(F)ccc2c(C)c1C(=O)NCc1cccc(F)c1. The first-order valence-corrected chi connectivity index (χ1v) is 7.77. The van der Waals surface area contributed by atoms with Crippen molar-refractivity contribution in [3.8, 4) is 5.88 Å². The summed E-state index contributed by atoms with van der Waals surface area (Å²) in [6, 6.07) is 8.16. The average molecular weight is 360 g/mol. The highest BCUT2D eigenvalue weighted by Crippen LogP contribution is 2.29. The number of pyridine rings is 1. The highest BCUT2D eigenvalue weighted by molar-refractivity contribution is 6.02. The van der Waals surface area contributed by atoms with Crippen molar-refractivity contribution in [1.82, 2.24) is 10.3 Å². The van der Waals surface area contributed by atoms with E-state index >= 15 is 0 Å². The molecule has 3 rings (SSSR count). The predicted molar refractivity (Wildman–Crippen MR) is 90.5 cm³/mol. The number of amides is 1. The molecule has 0 fully saturated rings. The zero-order valence-electron chi connectivity index (χ0n) is 14.1. The molecule has 2 aromatic carbocycles. The van der Waals surface area contributed by atoms with Crippen LogP contribution >= 0.6 is 0 Å². The smallest absolute Gasteiger partial charge is 0.257 e. The molecule has 4 nitrogen and oxygen atoms in total. The van der Waals surface area contributed by atoms with Crippen LogP contribution in [0.4, 0.5) is 13.2 Å². The first kappa shape index (κ1) is 17.7. The molecule has 0 radical (unpaired) electrons. The van der Waals surface area contributed by atoms with E-state index in [0.717, 1.165) is 6.07 Å². The summed E-state index contributed by atoms with van der Waals surface area (Å²) in [6.07, 6.45) is 0. The molecule has 0 aliphatic rings. The number of carbonyl (C=O) groups excluding carboxylic acids is 1. The number of fused-ring (bicyclic) bond motifs is 1. The minimum atomic E-state index is -1.10. The van der Waals surface area contributed by atoms with Crippen molar-refractivity contribution in [2.24, 2.45) is 0 Å². The number of benzene rings is 2. The maximum Gasteiger partial charge on any atom is 0.257 e. The summed E-state index contributed by atoms with van der Waals surface area (Å²) in [6.45, 7) is 1.69. The van der Waals surface area contributed by atoms with Crippen molar-refractivity contribution in [2.75, 3.05) is 7.11 Å². The van der Waals surface area contributed by atoms with E-state index in [4.69, 9.17) is 4.74 Å². The van der Waals surface area contributed by atoms with Crippen molar-refractivity contribution < 1.29 is 22.7 Å². The minimum Gasteiger partial charge on any atom is -0.480 e. The van der Waals surface area contributed by atoms with Gasteiger partial charge in [0, 0.05) is 11.9 Å². The molecule has 0 saturated carbocycles. The third-order valence-electron chi connectivity index (χ3n) is 4.04. The van der Waals surface area contributed by atoms with E-state index in [2.05, 4.69) is 10.3 Å². The van der Waals surface area contributed by atoms with Crippen LogP contribution in [0.3, 0.4) is 0 Å². The molecule has 134 valence electrons. The average Bonchev–Trinajstić information content (AvgIpc) is 2.62. The second-order valence-electron chi connectivity index (χ2n) is 5.69. The quantitative estimate of drug-likeness (QED) is 0.768. The molecule has 0 unspecified atom stereocenters. The Bertz CT molecular complexity index is 1010. The van der Waals surface area contributed by atoms with E-state index < -0.39 is 23.4 Å². The fraction of sp³-hybridized carbons (Fsp3) is 0.158. The van der Waals surface area contributed by atoms with Crippen LogP contribution in [-0.2, 0) is 6.54 Å². The van der Waals surface area contributed by atoms with E-state index in [9.17, 15) is 18.0 Å². The van der Waals surface area contributed by atoms with Crippen molar-refractivity contribution in [3.05, 3.63) is 70.5 Å². The van der Waals surface area contributed by atoms with Gasteiger partial charge in [0.05, 0.1) is 7.11 Å². The normalized spacial score (nSPS) is 10.8. The number of hydrogen-bond acceptors (Lipinski definition) is 3. The van der Waals surface area contributed by atoms with E-state index in [1.807, 2.05) is 0 Å². The Kier molecular flexibility index (Phi) is 4.79. The molecule has 1 aromatic heterocycles. The van der Waals surface area contributed by atoms with Crippen LogP contribution in [0, 0.1) is 24.4 Å². The maximum atomic E-state index is 14.0. The van der Waals surface area contributed by atoms with Crippen LogP contribution in [0.5, 0.6) is 5.88 Å². The molecule has 1 amide bonds. The Labute approximate surface area is 147 Å². The monoisotopic (exact) mass is 360 g/mol. The molecule has 0 bridgehead atoms. The fourth-order valence-electron chi connectivity index (χ4n) is 2.74. The number of aryl methyl sites for hydroxylation is 1. The topological polar surface area (TPSA) is 51.2 Å². The molecule has 1 heterocycles. The molecule has 0 spiro atoms. The Hall–Kier alpha value is -3.09. The molecule has 0 atom stereocenters. The van der Waals surface area contributed by atoms with Crippen molar-refractivity contribution in [1.29, 1.82) is 0 Å². The van der Waals surface area contributed by atoms with Crippen LogP contribution in [0.25, 0.3) is 10.9 Å². The van der Waals surface area contributed by atoms with Gasteiger partial charge in [0.2, 0.25) is 5.88 Å². The molecule has 0 saturated heterocycles. The van der Waals surface area contributed by atoms with Crippen molar-refractivity contribution in [2.45, 2.75) is 13.5 Å². The van der Waals surface area contributed by atoms with E-state index in [1.165, 1.54) is 31.4 Å². The van der Waals surface area contributed by atoms with Gasteiger partial charge in [-0.25, -0.2) is 18.2 Å². The molecule has 0 aliphatic heterocycles. The van der Waals surface area contributed by atoms with Crippen LogP contribution in [0.2, 0.25) is 0 Å². The standard InChI is InChI=1S/C19H15F3N2O2/c1-10-13-6-7-14(21)16(22)17(13)24-19(26-2)15(10)18(25)23-9-11-4-3-5-12(20)8-11/h3-8H,9H2,1-2H3,(H,23,25). The highest BCUT2D eigenvalue weighted by atomic mass is 19.2. The Balaban J connectivity index is 1.99. The summed E-state index contributed by atoms with van der Waals surface area (Å²) in [5, 5.41) is 2.96. The number of carbonyl (C=O) groups is 1. The summed E-state index contributed by atoms with van der Waals surface area (Å²) in [5.41, 5.74) is 0.891. The second kappa shape index (κ2) is 7.03. The van der Waals surface area contributed by atoms with Crippen LogP contribution < -0.4 is 10.1 Å². The number of nitrogens with one attached hydrogen (secondary N) is 1. The van der Waals surface area contributed by atoms with E-state index in [0.29, 0.717) is 16.5 Å². The Morgan fingerprint density at radius 1 is 1.19 bits per heavy atom. The Morgan fingerprint density at radius 2 is 1.96 bits per heavy atom. The lowest BCUT2D eigenvalue weighted by molar-refractivity contribution is 0.0946. The van der Waals surface area contributed by atoms with Gasteiger partial charge >= 0.3 is 0 Å². The lowest BCUT2D eigenvalue weighted by Crippen LogP contribution is -2.25. The number of ether oxygens (including phenoxy) is 1. The molecule has 3 aromatic rings. The third kappa shape index (κ3) is 3.20. The molecule has 1 N–H and O–H groups in total. The minimum absolute atomic E-state index is 0.0923. The Morgan fingerprint density at radius 3 is 2.65 bits per heavy atom. The van der Waals surface area contributed by atoms with E-state index in [-0.39, 0.29) is 23.5 Å².